The van der Waals surface area contributed by atoms with Gasteiger partial charge < -0.3 is 4.42 Å². The van der Waals surface area contributed by atoms with E-state index >= 15 is 0 Å². The fourth-order valence-electron chi connectivity index (χ4n) is 8.17. The Balaban J connectivity index is 1.32. The highest BCUT2D eigenvalue weighted by molar-refractivity contribution is 6.11. The van der Waals surface area contributed by atoms with Gasteiger partial charge in [-0.1, -0.05) is 75.4 Å². The summed E-state index contributed by atoms with van der Waals surface area (Å²) >= 11 is 0. The molecule has 0 radical (unpaired) electrons. The predicted octanol–water partition coefficient (Wildman–Crippen LogP) is 9.02. The molecule has 8 rings (SSSR count). The number of hydrogen-bond acceptors (Lipinski definition) is 1. The minimum absolute atomic E-state index is 0.0752. The molecule has 0 aliphatic heterocycles. The number of hydrogen-bond donors (Lipinski definition) is 0. The van der Waals surface area contributed by atoms with Gasteiger partial charge in [0.05, 0.1) is 0 Å². The van der Waals surface area contributed by atoms with E-state index in [2.05, 4.69) is 81.4 Å². The van der Waals surface area contributed by atoms with Gasteiger partial charge in [-0.25, -0.2) is 0 Å². The molecule has 1 nitrogen and oxygen atoms in total. The van der Waals surface area contributed by atoms with Crippen LogP contribution in [0.1, 0.15) is 70.4 Å². The Kier molecular flexibility index (Phi) is 4.07. The fourth-order valence-corrected chi connectivity index (χ4v) is 8.17. The standard InChI is InChI=1S/C32H34O/c1-31(2,3)27-8-5-9-28-29(27)26-7-4-6-25(30(26)33-28)23-10-12-24(13-11-23)32-17-20-14-21(18-32)16-22(15-20)19-32/h4-13,20-22H,14-19H2,1-3H3. The van der Waals surface area contributed by atoms with E-state index in [1.54, 1.807) is 5.56 Å². The van der Waals surface area contributed by atoms with Gasteiger partial charge >= 0.3 is 0 Å². The van der Waals surface area contributed by atoms with Crippen molar-refractivity contribution in [2.45, 2.75) is 70.1 Å². The summed E-state index contributed by atoms with van der Waals surface area (Å²) in [4.78, 5) is 0. The van der Waals surface area contributed by atoms with E-state index in [4.69, 9.17) is 4.42 Å². The summed E-state index contributed by atoms with van der Waals surface area (Å²) in [5, 5.41) is 2.50. The zero-order valence-corrected chi connectivity index (χ0v) is 20.2. The number of furan rings is 1. The second-order valence-electron chi connectivity index (χ2n) is 12.5. The highest BCUT2D eigenvalue weighted by Gasteiger charge is 2.51. The molecular weight excluding hydrogens is 400 g/mol. The molecule has 0 amide bonds. The van der Waals surface area contributed by atoms with Gasteiger partial charge in [0.1, 0.15) is 11.2 Å². The maximum absolute atomic E-state index is 6.50. The van der Waals surface area contributed by atoms with Gasteiger partial charge in [0.2, 0.25) is 0 Å². The smallest absolute Gasteiger partial charge is 0.143 e. The molecule has 4 saturated carbocycles. The number of benzene rings is 3. The van der Waals surface area contributed by atoms with E-state index in [1.807, 2.05) is 0 Å². The zero-order valence-electron chi connectivity index (χ0n) is 20.2. The molecule has 3 aromatic carbocycles. The first-order valence-corrected chi connectivity index (χ1v) is 13.0. The first kappa shape index (κ1) is 19.9. The molecule has 4 aliphatic rings. The van der Waals surface area contributed by atoms with E-state index < -0.39 is 0 Å². The summed E-state index contributed by atoms with van der Waals surface area (Å²) in [7, 11) is 0. The van der Waals surface area contributed by atoms with Gasteiger partial charge in [0.15, 0.2) is 0 Å². The third kappa shape index (κ3) is 2.97. The Morgan fingerprint density at radius 1 is 0.758 bits per heavy atom. The molecule has 1 heterocycles. The fraction of sp³-hybridized carbons (Fsp3) is 0.438. The monoisotopic (exact) mass is 434 g/mol. The summed E-state index contributed by atoms with van der Waals surface area (Å²) in [5.41, 5.74) is 7.98. The SMILES string of the molecule is CC(C)(C)c1cccc2oc3c(-c4ccc(C56CC7CC(CC(C7)C5)C6)cc4)cccc3c12. The van der Waals surface area contributed by atoms with Crippen LogP contribution in [0.15, 0.2) is 65.1 Å². The van der Waals surface area contributed by atoms with Gasteiger partial charge in [-0.05, 0) is 89.9 Å². The second-order valence-corrected chi connectivity index (χ2v) is 12.5. The second kappa shape index (κ2) is 6.75. The van der Waals surface area contributed by atoms with Crippen molar-refractivity contribution in [1.29, 1.82) is 0 Å². The molecule has 33 heavy (non-hydrogen) atoms. The topological polar surface area (TPSA) is 13.1 Å². The van der Waals surface area contributed by atoms with Crippen LogP contribution in [0.25, 0.3) is 33.1 Å². The largest absolute Gasteiger partial charge is 0.455 e. The lowest BCUT2D eigenvalue weighted by Gasteiger charge is -2.57. The molecule has 4 aromatic rings. The number of fused-ring (bicyclic) bond motifs is 3. The minimum atomic E-state index is 0.0752. The third-order valence-electron chi connectivity index (χ3n) is 9.18. The van der Waals surface area contributed by atoms with Crippen LogP contribution in [0.2, 0.25) is 0 Å². The van der Waals surface area contributed by atoms with Crippen molar-refractivity contribution < 1.29 is 4.42 Å². The van der Waals surface area contributed by atoms with Crippen molar-refractivity contribution in [3.05, 3.63) is 71.8 Å². The molecule has 0 spiro atoms. The van der Waals surface area contributed by atoms with Crippen molar-refractivity contribution in [2.24, 2.45) is 17.8 Å². The van der Waals surface area contributed by atoms with Gasteiger partial charge in [0, 0.05) is 16.3 Å². The Hall–Kier alpha value is -2.54. The van der Waals surface area contributed by atoms with Gasteiger partial charge in [-0.2, -0.15) is 0 Å². The molecule has 168 valence electrons. The Bertz CT molecular complexity index is 1330. The van der Waals surface area contributed by atoms with E-state index in [0.29, 0.717) is 5.41 Å². The maximum Gasteiger partial charge on any atom is 0.143 e. The minimum Gasteiger partial charge on any atom is -0.455 e. The molecule has 0 unspecified atom stereocenters. The molecule has 0 saturated heterocycles. The lowest BCUT2D eigenvalue weighted by Crippen LogP contribution is -2.48. The maximum atomic E-state index is 6.50. The van der Waals surface area contributed by atoms with Crippen molar-refractivity contribution in [3.8, 4) is 11.1 Å². The van der Waals surface area contributed by atoms with Crippen LogP contribution < -0.4 is 0 Å². The Morgan fingerprint density at radius 3 is 2.03 bits per heavy atom. The predicted molar refractivity (Wildman–Crippen MR) is 138 cm³/mol. The molecule has 1 aromatic heterocycles. The third-order valence-corrected chi connectivity index (χ3v) is 9.18. The summed E-state index contributed by atoms with van der Waals surface area (Å²) in [6, 6.07) is 22.8. The van der Waals surface area contributed by atoms with Crippen LogP contribution in [0.4, 0.5) is 0 Å². The quantitative estimate of drug-likeness (QED) is 0.307. The van der Waals surface area contributed by atoms with Crippen LogP contribution in [0.3, 0.4) is 0 Å². The highest BCUT2D eigenvalue weighted by atomic mass is 16.3. The van der Waals surface area contributed by atoms with Crippen LogP contribution >= 0.6 is 0 Å². The molecule has 0 N–H and O–H groups in total. The molecule has 1 heteroatoms. The van der Waals surface area contributed by atoms with Crippen molar-refractivity contribution >= 4 is 21.9 Å². The molecule has 4 aliphatic carbocycles. The van der Waals surface area contributed by atoms with Crippen LogP contribution in [0.5, 0.6) is 0 Å². The van der Waals surface area contributed by atoms with Crippen LogP contribution in [-0.2, 0) is 10.8 Å². The molecule has 4 fully saturated rings. The normalized spacial score (nSPS) is 28.8. The average molecular weight is 435 g/mol. The zero-order chi connectivity index (χ0) is 22.4. The van der Waals surface area contributed by atoms with Crippen molar-refractivity contribution in [3.63, 3.8) is 0 Å². The van der Waals surface area contributed by atoms with E-state index in [1.165, 1.54) is 66.0 Å². The van der Waals surface area contributed by atoms with Crippen molar-refractivity contribution in [1.82, 2.24) is 0 Å². The first-order chi connectivity index (χ1) is 15.9. The average Bonchev–Trinajstić information content (AvgIpc) is 3.16. The van der Waals surface area contributed by atoms with E-state index in [0.717, 1.165) is 28.9 Å². The summed E-state index contributed by atoms with van der Waals surface area (Å²) in [5.74, 6) is 2.95. The summed E-state index contributed by atoms with van der Waals surface area (Å²) < 4.78 is 6.50. The lowest BCUT2D eigenvalue weighted by molar-refractivity contribution is -0.00518. The van der Waals surface area contributed by atoms with Gasteiger partial charge in [-0.3, -0.25) is 0 Å². The molecular formula is C32H34O. The summed E-state index contributed by atoms with van der Waals surface area (Å²) in [6.45, 7) is 6.86. The van der Waals surface area contributed by atoms with Gasteiger partial charge in [-0.15, -0.1) is 0 Å². The van der Waals surface area contributed by atoms with E-state index in [9.17, 15) is 0 Å². The summed E-state index contributed by atoms with van der Waals surface area (Å²) in [6.07, 6.45) is 8.78. The Morgan fingerprint density at radius 2 is 1.39 bits per heavy atom. The Labute approximate surface area is 197 Å². The number of para-hydroxylation sites is 1. The van der Waals surface area contributed by atoms with Crippen LogP contribution in [-0.4, -0.2) is 0 Å². The first-order valence-electron chi connectivity index (χ1n) is 13.0. The van der Waals surface area contributed by atoms with Crippen LogP contribution in [0, 0.1) is 17.8 Å². The molecule has 4 bridgehead atoms. The van der Waals surface area contributed by atoms with E-state index in [-0.39, 0.29) is 5.41 Å². The number of rotatable bonds is 2. The van der Waals surface area contributed by atoms with Gasteiger partial charge in [0.25, 0.3) is 0 Å². The lowest BCUT2D eigenvalue weighted by atomic mass is 9.48. The molecule has 0 atom stereocenters. The highest BCUT2D eigenvalue weighted by Crippen LogP contribution is 2.60. The van der Waals surface area contributed by atoms with Crippen molar-refractivity contribution in [2.75, 3.05) is 0 Å².